The molecule has 0 spiro atoms. The smallest absolute Gasteiger partial charge is 0.194 e. The fourth-order valence-corrected chi connectivity index (χ4v) is 2.33. The minimum Gasteiger partial charge on any atom is -0.296 e. The van der Waals surface area contributed by atoms with Crippen LogP contribution >= 0.6 is 11.3 Å². The highest BCUT2D eigenvalue weighted by molar-refractivity contribution is 7.15. The molecular weight excluding hydrogens is 184 g/mol. The highest BCUT2D eigenvalue weighted by atomic mass is 32.1. The summed E-state index contributed by atoms with van der Waals surface area (Å²) >= 11 is 1.57. The van der Waals surface area contributed by atoms with Gasteiger partial charge in [0.2, 0.25) is 0 Å². The number of aromatic nitrogens is 2. The van der Waals surface area contributed by atoms with E-state index in [0.29, 0.717) is 11.6 Å². The third-order valence-corrected chi connectivity index (χ3v) is 2.83. The molecule has 3 nitrogen and oxygen atoms in total. The van der Waals surface area contributed by atoms with Crippen LogP contribution in [0.4, 0.5) is 0 Å². The van der Waals surface area contributed by atoms with Crippen molar-refractivity contribution in [2.24, 2.45) is 0 Å². The highest BCUT2D eigenvalue weighted by Gasteiger charge is 2.09. The summed E-state index contributed by atoms with van der Waals surface area (Å²) in [5.74, 6) is 0.461. The van der Waals surface area contributed by atoms with E-state index in [1.165, 1.54) is 5.69 Å². The Bertz CT molecular complexity index is 441. The Morgan fingerprint density at radius 3 is 3.00 bits per heavy atom. The van der Waals surface area contributed by atoms with E-state index < -0.39 is 0 Å². The van der Waals surface area contributed by atoms with Gasteiger partial charge in [-0.05, 0) is 5.92 Å². The summed E-state index contributed by atoms with van der Waals surface area (Å²) in [6.07, 6.45) is 2.57. The summed E-state index contributed by atoms with van der Waals surface area (Å²) in [5.41, 5.74) is 1.72. The summed E-state index contributed by atoms with van der Waals surface area (Å²) < 4.78 is 1.99. The van der Waals surface area contributed by atoms with Crippen LogP contribution in [0, 0.1) is 0 Å². The minimum atomic E-state index is 0.461. The molecule has 0 N–H and O–H groups in total. The molecule has 2 rings (SSSR count). The molecule has 0 saturated heterocycles. The summed E-state index contributed by atoms with van der Waals surface area (Å²) in [4.78, 5) is 15.5. The van der Waals surface area contributed by atoms with Crippen molar-refractivity contribution in [3.63, 3.8) is 0 Å². The van der Waals surface area contributed by atoms with E-state index in [9.17, 15) is 4.79 Å². The zero-order valence-electron chi connectivity index (χ0n) is 7.52. The number of hydrogen-bond donors (Lipinski definition) is 0. The lowest BCUT2D eigenvalue weighted by Gasteiger charge is -2.00. The van der Waals surface area contributed by atoms with Gasteiger partial charge >= 0.3 is 0 Å². The van der Waals surface area contributed by atoms with Crippen molar-refractivity contribution in [2.75, 3.05) is 0 Å². The molecule has 0 aliphatic carbocycles. The van der Waals surface area contributed by atoms with Crippen LogP contribution in [0.3, 0.4) is 0 Å². The third kappa shape index (κ3) is 1.27. The Labute approximate surface area is 80.0 Å². The average molecular weight is 194 g/mol. The molecule has 13 heavy (non-hydrogen) atoms. The first-order valence-electron chi connectivity index (χ1n) is 4.14. The van der Waals surface area contributed by atoms with Gasteiger partial charge in [0.1, 0.15) is 5.69 Å². The summed E-state index contributed by atoms with van der Waals surface area (Å²) in [6, 6.07) is 0. The topological polar surface area (TPSA) is 34.4 Å². The first-order valence-corrected chi connectivity index (χ1v) is 5.02. The third-order valence-electron chi connectivity index (χ3n) is 1.97. The van der Waals surface area contributed by atoms with Crippen LogP contribution < -0.4 is 0 Å². The molecule has 2 aromatic rings. The number of nitrogens with zero attached hydrogens (tertiary/aromatic N) is 2. The molecule has 0 bridgehead atoms. The van der Waals surface area contributed by atoms with E-state index in [2.05, 4.69) is 24.2 Å². The van der Waals surface area contributed by atoms with Crippen LogP contribution in [0.15, 0.2) is 11.6 Å². The lowest BCUT2D eigenvalue weighted by atomic mass is 10.2. The van der Waals surface area contributed by atoms with Crippen LogP contribution in [0.1, 0.15) is 35.9 Å². The first kappa shape index (κ1) is 8.44. The number of fused-ring (bicyclic) bond motifs is 1. The van der Waals surface area contributed by atoms with Gasteiger partial charge in [-0.2, -0.15) is 0 Å². The number of carbonyl (C=O) groups is 1. The standard InChI is InChI=1S/C9H10N2OS/c1-6(2)8-5-13-9-10-7(4-12)3-11(8)9/h3-6H,1-2H3. The number of carbonyl (C=O) groups excluding carboxylic acids is 1. The zero-order valence-corrected chi connectivity index (χ0v) is 8.34. The number of thiazole rings is 1. The lowest BCUT2D eigenvalue weighted by Crippen LogP contribution is -1.91. The lowest BCUT2D eigenvalue weighted by molar-refractivity contribution is 0.111. The number of imidazole rings is 1. The molecule has 2 heterocycles. The van der Waals surface area contributed by atoms with Crippen molar-refractivity contribution in [2.45, 2.75) is 19.8 Å². The molecule has 0 fully saturated rings. The van der Waals surface area contributed by atoms with E-state index >= 15 is 0 Å². The average Bonchev–Trinajstić information content (AvgIpc) is 2.59. The maximum atomic E-state index is 10.5. The van der Waals surface area contributed by atoms with Crippen molar-refractivity contribution < 1.29 is 4.79 Å². The van der Waals surface area contributed by atoms with Gasteiger partial charge in [-0.3, -0.25) is 9.20 Å². The molecular formula is C9H10N2OS. The second-order valence-corrected chi connectivity index (χ2v) is 4.09. The van der Waals surface area contributed by atoms with Crippen molar-refractivity contribution in [1.82, 2.24) is 9.38 Å². The van der Waals surface area contributed by atoms with Crippen molar-refractivity contribution in [3.8, 4) is 0 Å². The van der Waals surface area contributed by atoms with Gasteiger partial charge in [0.15, 0.2) is 11.2 Å². The molecule has 0 aliphatic rings. The van der Waals surface area contributed by atoms with Gasteiger partial charge in [-0.25, -0.2) is 4.98 Å². The molecule has 0 aromatic carbocycles. The van der Waals surface area contributed by atoms with Gasteiger partial charge in [0, 0.05) is 17.3 Å². The fourth-order valence-electron chi connectivity index (χ4n) is 1.29. The maximum absolute atomic E-state index is 10.5. The Morgan fingerprint density at radius 1 is 1.62 bits per heavy atom. The van der Waals surface area contributed by atoms with E-state index in [1.54, 1.807) is 17.5 Å². The highest BCUT2D eigenvalue weighted by Crippen LogP contribution is 2.22. The molecule has 4 heteroatoms. The molecule has 2 aromatic heterocycles. The molecule has 0 aliphatic heterocycles. The normalized spacial score (nSPS) is 11.3. The van der Waals surface area contributed by atoms with Gasteiger partial charge in [0.05, 0.1) is 0 Å². The van der Waals surface area contributed by atoms with Crippen LogP contribution in [0.25, 0.3) is 4.96 Å². The SMILES string of the molecule is CC(C)c1csc2nc(C=O)cn12. The van der Waals surface area contributed by atoms with E-state index in [1.807, 2.05) is 4.40 Å². The van der Waals surface area contributed by atoms with Crippen LogP contribution in [0.5, 0.6) is 0 Å². The van der Waals surface area contributed by atoms with E-state index in [-0.39, 0.29) is 0 Å². The first-order chi connectivity index (χ1) is 6.22. The second kappa shape index (κ2) is 2.96. The van der Waals surface area contributed by atoms with Gasteiger partial charge in [0.25, 0.3) is 0 Å². The quantitative estimate of drug-likeness (QED) is 0.688. The molecule has 0 amide bonds. The van der Waals surface area contributed by atoms with Gasteiger partial charge < -0.3 is 0 Å². The molecule has 0 radical (unpaired) electrons. The Hall–Kier alpha value is -1.16. The van der Waals surface area contributed by atoms with Crippen molar-refractivity contribution >= 4 is 22.6 Å². The Morgan fingerprint density at radius 2 is 2.38 bits per heavy atom. The fraction of sp³-hybridized carbons (Fsp3) is 0.333. The predicted octanol–water partition coefficient (Wildman–Crippen LogP) is 2.33. The molecule has 68 valence electrons. The largest absolute Gasteiger partial charge is 0.296 e. The Kier molecular flexibility index (Phi) is 1.92. The zero-order chi connectivity index (χ0) is 9.42. The number of rotatable bonds is 2. The van der Waals surface area contributed by atoms with Crippen LogP contribution in [-0.2, 0) is 0 Å². The summed E-state index contributed by atoms with van der Waals surface area (Å²) in [5, 5.41) is 2.08. The molecule has 0 unspecified atom stereocenters. The Balaban J connectivity index is 2.65. The molecule has 0 atom stereocenters. The maximum Gasteiger partial charge on any atom is 0.194 e. The summed E-state index contributed by atoms with van der Waals surface area (Å²) in [6.45, 7) is 4.25. The summed E-state index contributed by atoms with van der Waals surface area (Å²) in [7, 11) is 0. The number of hydrogen-bond acceptors (Lipinski definition) is 3. The monoisotopic (exact) mass is 194 g/mol. The van der Waals surface area contributed by atoms with E-state index in [0.717, 1.165) is 11.2 Å². The van der Waals surface area contributed by atoms with Gasteiger partial charge in [-0.15, -0.1) is 11.3 Å². The van der Waals surface area contributed by atoms with Gasteiger partial charge in [-0.1, -0.05) is 13.8 Å². The minimum absolute atomic E-state index is 0.461. The molecule has 0 saturated carbocycles. The second-order valence-electron chi connectivity index (χ2n) is 3.25. The van der Waals surface area contributed by atoms with Crippen molar-refractivity contribution in [1.29, 1.82) is 0 Å². The predicted molar refractivity (Wildman–Crippen MR) is 52.5 cm³/mol. The van der Waals surface area contributed by atoms with Crippen molar-refractivity contribution in [3.05, 3.63) is 23.0 Å². The van der Waals surface area contributed by atoms with Crippen LogP contribution in [0.2, 0.25) is 0 Å². The van der Waals surface area contributed by atoms with E-state index in [4.69, 9.17) is 0 Å². The van der Waals surface area contributed by atoms with Crippen LogP contribution in [-0.4, -0.2) is 15.7 Å². The number of aldehydes is 1.